The van der Waals surface area contributed by atoms with E-state index >= 15 is 0 Å². The summed E-state index contributed by atoms with van der Waals surface area (Å²) in [4.78, 5) is 0. The third-order valence-electron chi connectivity index (χ3n) is 28.8. The molecular formula is C97H82. The average molecular weight is 1250 g/mol. The van der Waals surface area contributed by atoms with Gasteiger partial charge in [-0.15, -0.1) is 0 Å². The Balaban J connectivity index is 0.526. The van der Waals surface area contributed by atoms with Crippen LogP contribution in [0.2, 0.25) is 0 Å². The van der Waals surface area contributed by atoms with Crippen LogP contribution in [0.3, 0.4) is 0 Å². The first-order valence-electron chi connectivity index (χ1n) is 37.5. The smallest absolute Gasteiger partial charge is 0.0159 e. The van der Waals surface area contributed by atoms with Crippen molar-refractivity contribution in [2.75, 3.05) is 0 Å². The van der Waals surface area contributed by atoms with Crippen LogP contribution < -0.4 is 0 Å². The predicted octanol–water partition coefficient (Wildman–Crippen LogP) is 26.1. The van der Waals surface area contributed by atoms with Crippen molar-refractivity contribution in [3.63, 3.8) is 0 Å². The monoisotopic (exact) mass is 1250 g/mol. The zero-order valence-corrected chi connectivity index (χ0v) is 57.0. The highest BCUT2D eigenvalue weighted by Crippen LogP contribution is 2.63. The van der Waals surface area contributed by atoms with E-state index in [0.29, 0.717) is 0 Å². The number of fused-ring (bicyclic) bond motifs is 9. The molecule has 14 aromatic carbocycles. The van der Waals surface area contributed by atoms with E-state index in [-0.39, 0.29) is 16.2 Å². The summed E-state index contributed by atoms with van der Waals surface area (Å²) < 4.78 is 0. The van der Waals surface area contributed by atoms with Gasteiger partial charge in [-0.25, -0.2) is 0 Å². The van der Waals surface area contributed by atoms with E-state index in [9.17, 15) is 0 Å². The fourth-order valence-corrected chi connectivity index (χ4v) is 24.8. The molecule has 8 bridgehead atoms. The summed E-state index contributed by atoms with van der Waals surface area (Å²) in [5.74, 6) is 9.00. The molecule has 25 rings (SSSR count). The normalized spacial score (nSPS) is 25.9. The lowest BCUT2D eigenvalue weighted by Crippen LogP contribution is -2.43. The van der Waals surface area contributed by atoms with Crippen molar-refractivity contribution < 1.29 is 0 Å². The number of benzene rings is 14. The van der Waals surface area contributed by atoms with Gasteiger partial charge in [0.25, 0.3) is 0 Å². The molecule has 97 heavy (non-hydrogen) atoms. The van der Waals surface area contributed by atoms with Crippen molar-refractivity contribution >= 4 is 64.6 Å². The van der Waals surface area contributed by atoms with Crippen molar-refractivity contribution in [1.82, 2.24) is 0 Å². The van der Waals surface area contributed by atoms with Crippen LogP contribution in [-0.4, -0.2) is 0 Å². The van der Waals surface area contributed by atoms with Gasteiger partial charge < -0.3 is 0 Å². The van der Waals surface area contributed by atoms with Crippen LogP contribution in [0.1, 0.15) is 162 Å². The second-order valence-electron chi connectivity index (χ2n) is 34.8. The van der Waals surface area contributed by atoms with Crippen LogP contribution in [0.5, 0.6) is 0 Å². The van der Waals surface area contributed by atoms with Gasteiger partial charge in [-0.1, -0.05) is 211 Å². The molecule has 0 radical (unpaired) electrons. The Morgan fingerprint density at radius 1 is 0.216 bits per heavy atom. The second kappa shape index (κ2) is 18.9. The predicted molar refractivity (Wildman–Crippen MR) is 408 cm³/mol. The molecule has 470 valence electrons. The molecule has 14 aromatic rings. The van der Waals surface area contributed by atoms with Crippen LogP contribution in [0.15, 0.2) is 206 Å². The Morgan fingerprint density at radius 2 is 0.454 bits per heavy atom. The average Bonchev–Trinajstić information content (AvgIpc) is 1.05. The molecule has 0 spiro atoms. The molecule has 0 atom stereocenters. The van der Waals surface area contributed by atoms with Gasteiger partial charge >= 0.3 is 0 Å². The van der Waals surface area contributed by atoms with E-state index < -0.39 is 0 Å². The van der Waals surface area contributed by atoms with Crippen molar-refractivity contribution in [3.8, 4) is 77.9 Å². The summed E-state index contributed by atoms with van der Waals surface area (Å²) in [5, 5.41) is 16.9. The standard InChI is InChI=1S/C97H82/c1-95(2)83-45-57(59-15-25-77-79-27-17-61(49-87(79)96(3,4)85(77)47-59)73-21-11-55-7-9-63-41-71(43-65-19-29-81(73)93(55)91(63)65)89-67-33-51-31-52(35-67)36-68(89)34-51)13-23-75(83)76-24-14-58(46-84(76)95)60-16-26-78-80-28-18-62(50-88(80)97(5,6)86(78)48-60)74-22-12-56-8-10-64-42-72(44-66-20-30-82(74)94(56)92(64)66)90-69-37-53-32-54(39-69)40-70(90)38-53/h7-30,41-54,67-70,89-90H,31-40H2,1-6H3. The maximum Gasteiger partial charge on any atom is 0.0159 e. The number of hydrogen-bond donors (Lipinski definition) is 0. The van der Waals surface area contributed by atoms with Crippen molar-refractivity contribution in [1.29, 1.82) is 0 Å². The second-order valence-corrected chi connectivity index (χ2v) is 34.8. The minimum absolute atomic E-state index is 0.166. The molecule has 11 aliphatic carbocycles. The highest BCUT2D eigenvalue weighted by Gasteiger charge is 2.51. The molecule has 0 amide bonds. The van der Waals surface area contributed by atoms with Gasteiger partial charge in [0.1, 0.15) is 0 Å². The SMILES string of the molecule is CC1(C)c2cc(-c3ccc4c(c3)C(C)(C)c3cc(-c5ccc6ccc7cc(C8C9CC%10CC(C9)CC8C%10)cc8ccc5c6c78)ccc3-4)ccc2-c2ccc(-c3ccc4c(c3)C(C)(C)c3cc(-c5ccc6ccc7cc(C8C9CC%10CC(C9)CC8C%10)cc8ccc5c6c78)ccc3-4)cc21. The molecule has 0 nitrogen and oxygen atoms in total. The van der Waals surface area contributed by atoms with Crippen molar-refractivity contribution in [2.45, 2.75) is 134 Å². The lowest BCUT2D eigenvalue weighted by molar-refractivity contribution is -0.00276. The Hall–Kier alpha value is -8.84. The van der Waals surface area contributed by atoms with Gasteiger partial charge in [-0.2, -0.15) is 0 Å². The van der Waals surface area contributed by atoms with E-state index in [1.54, 1.807) is 11.1 Å². The van der Waals surface area contributed by atoms with Gasteiger partial charge in [-0.05, 0) is 347 Å². The summed E-state index contributed by atoms with van der Waals surface area (Å²) in [5.41, 5.74) is 29.9. The van der Waals surface area contributed by atoms with Crippen molar-refractivity contribution in [3.05, 3.63) is 251 Å². The molecule has 0 aromatic heterocycles. The first kappa shape index (κ1) is 55.2. The Labute approximate surface area is 570 Å². The van der Waals surface area contributed by atoms with E-state index in [4.69, 9.17) is 0 Å². The molecule has 0 saturated heterocycles. The quantitative estimate of drug-likeness (QED) is 0.146. The summed E-state index contributed by atoms with van der Waals surface area (Å²) in [6.07, 6.45) is 14.7. The fourth-order valence-electron chi connectivity index (χ4n) is 24.8. The van der Waals surface area contributed by atoms with Crippen LogP contribution in [0.25, 0.3) is 143 Å². The fraction of sp³-hybridized carbons (Fsp3) is 0.299. The third-order valence-corrected chi connectivity index (χ3v) is 28.8. The van der Waals surface area contributed by atoms with Gasteiger partial charge in [-0.3, -0.25) is 0 Å². The van der Waals surface area contributed by atoms with E-state index in [1.165, 1.54) is 240 Å². The molecule has 11 aliphatic rings. The maximum absolute atomic E-state index is 2.62. The minimum atomic E-state index is -0.174. The van der Waals surface area contributed by atoms with E-state index in [2.05, 4.69) is 248 Å². The summed E-state index contributed by atoms with van der Waals surface area (Å²) in [7, 11) is 0. The Kier molecular flexibility index (Phi) is 10.7. The van der Waals surface area contributed by atoms with E-state index in [0.717, 1.165) is 59.2 Å². The van der Waals surface area contributed by atoms with Gasteiger partial charge in [0.05, 0.1) is 0 Å². The summed E-state index contributed by atoms with van der Waals surface area (Å²) >= 11 is 0. The molecule has 0 aliphatic heterocycles. The molecule has 0 unspecified atom stereocenters. The first-order chi connectivity index (χ1) is 47.2. The largest absolute Gasteiger partial charge is 0.0537 e. The first-order valence-corrected chi connectivity index (χ1v) is 37.5. The molecule has 0 heterocycles. The summed E-state index contributed by atoms with van der Waals surface area (Å²) in [6.45, 7) is 14.7. The van der Waals surface area contributed by atoms with Crippen LogP contribution in [0.4, 0.5) is 0 Å². The third kappa shape index (κ3) is 7.46. The van der Waals surface area contributed by atoms with Crippen molar-refractivity contribution in [2.24, 2.45) is 47.3 Å². The Morgan fingerprint density at radius 3 is 0.753 bits per heavy atom. The van der Waals surface area contributed by atoms with Gasteiger partial charge in [0.15, 0.2) is 0 Å². The molecule has 0 heteroatoms. The highest BCUT2D eigenvalue weighted by atomic mass is 14.6. The topological polar surface area (TPSA) is 0 Å². The zero-order chi connectivity index (χ0) is 64.0. The van der Waals surface area contributed by atoms with Gasteiger partial charge in [0, 0.05) is 16.2 Å². The number of rotatable bonds is 6. The minimum Gasteiger partial charge on any atom is -0.0537 e. The van der Waals surface area contributed by atoms with Gasteiger partial charge in [0.2, 0.25) is 0 Å². The van der Waals surface area contributed by atoms with Crippen LogP contribution in [-0.2, 0) is 16.2 Å². The molecule has 8 fully saturated rings. The lowest BCUT2D eigenvalue weighted by Gasteiger charge is -2.54. The lowest BCUT2D eigenvalue weighted by atomic mass is 9.50. The van der Waals surface area contributed by atoms with E-state index in [1.807, 2.05) is 0 Å². The Bertz CT molecular complexity index is 5380. The molecule has 0 N–H and O–H groups in total. The maximum atomic E-state index is 2.62. The van der Waals surface area contributed by atoms with Crippen LogP contribution >= 0.6 is 0 Å². The number of hydrogen-bond acceptors (Lipinski definition) is 0. The zero-order valence-electron chi connectivity index (χ0n) is 57.0. The highest BCUT2D eigenvalue weighted by molar-refractivity contribution is 6.27. The summed E-state index contributed by atoms with van der Waals surface area (Å²) in [6, 6.07) is 83.6. The van der Waals surface area contributed by atoms with Crippen LogP contribution in [0, 0.1) is 47.3 Å². The molecule has 8 saturated carbocycles. The molecular weight excluding hydrogens is 1170 g/mol.